The Hall–Kier alpha value is -0.663. The molecule has 0 unspecified atom stereocenters. The molecule has 0 amide bonds. The normalized spacial score (nSPS) is 11.8. The summed E-state index contributed by atoms with van der Waals surface area (Å²) >= 11 is 3.11. The maximum atomic E-state index is 10.9. The number of aromatic amines is 1. The maximum Gasteiger partial charge on any atom is 0.356 e. The Labute approximate surface area is 110 Å². The predicted octanol–water partition coefficient (Wildman–Crippen LogP) is 2.73. The fourth-order valence-corrected chi connectivity index (χ4v) is 2.38. The molecule has 0 saturated heterocycles. The number of aromatic carboxylic acids is 1. The molecule has 1 aromatic heterocycles. The first kappa shape index (κ1) is 14.4. The Morgan fingerprint density at radius 2 is 2.18 bits per heavy atom. The second-order valence-electron chi connectivity index (χ2n) is 5.02. The van der Waals surface area contributed by atoms with E-state index in [1.165, 1.54) is 0 Å². The van der Waals surface area contributed by atoms with Gasteiger partial charge in [-0.3, -0.25) is 0 Å². The second-order valence-corrected chi connectivity index (χ2v) is 11.4. The van der Waals surface area contributed by atoms with E-state index in [0.29, 0.717) is 17.0 Å². The lowest BCUT2D eigenvalue weighted by Gasteiger charge is -2.15. The number of aromatic nitrogens is 2. The molecule has 0 bridgehead atoms. The monoisotopic (exact) mass is 320 g/mol. The van der Waals surface area contributed by atoms with Gasteiger partial charge in [-0.25, -0.2) is 9.78 Å². The number of nitrogens with one attached hydrogen (secondary N) is 1. The molecule has 0 saturated carbocycles. The average molecular weight is 321 g/mol. The molecule has 7 heteroatoms. The topological polar surface area (TPSA) is 75.2 Å². The van der Waals surface area contributed by atoms with Crippen molar-refractivity contribution in [2.45, 2.75) is 32.3 Å². The van der Waals surface area contributed by atoms with E-state index in [1.807, 2.05) is 0 Å². The van der Waals surface area contributed by atoms with Gasteiger partial charge in [0.25, 0.3) is 0 Å². The van der Waals surface area contributed by atoms with Gasteiger partial charge in [0.1, 0.15) is 0 Å². The number of hydrogen-bond acceptors (Lipinski definition) is 3. The van der Waals surface area contributed by atoms with E-state index in [-0.39, 0.29) is 12.3 Å². The summed E-state index contributed by atoms with van der Waals surface area (Å²) in [4.78, 5) is 17.5. The third kappa shape index (κ3) is 5.01. The molecule has 96 valence electrons. The number of carboxylic acids is 1. The molecular weight excluding hydrogens is 304 g/mol. The van der Waals surface area contributed by atoms with Gasteiger partial charge >= 0.3 is 5.97 Å². The van der Waals surface area contributed by atoms with Crippen molar-refractivity contribution in [1.29, 1.82) is 0 Å². The van der Waals surface area contributed by atoms with Crippen molar-refractivity contribution >= 4 is 30.0 Å². The van der Waals surface area contributed by atoms with Crippen LogP contribution < -0.4 is 0 Å². The fraction of sp³-hybridized carbons (Fsp3) is 0.600. The molecule has 1 aromatic rings. The van der Waals surface area contributed by atoms with Crippen LogP contribution in [0.25, 0.3) is 0 Å². The van der Waals surface area contributed by atoms with Crippen molar-refractivity contribution < 1.29 is 14.6 Å². The number of halogens is 1. The molecule has 0 radical (unpaired) electrons. The number of nitrogens with zero attached hydrogens (tertiary/aromatic N) is 1. The third-order valence-corrected chi connectivity index (χ3v) is 4.27. The van der Waals surface area contributed by atoms with Gasteiger partial charge < -0.3 is 14.8 Å². The van der Waals surface area contributed by atoms with E-state index in [2.05, 4.69) is 45.5 Å². The molecule has 17 heavy (non-hydrogen) atoms. The quantitative estimate of drug-likeness (QED) is 0.624. The van der Waals surface area contributed by atoms with Gasteiger partial charge in [-0.15, -0.1) is 0 Å². The lowest BCUT2D eigenvalue weighted by molar-refractivity contribution is 0.0682. The van der Waals surface area contributed by atoms with Crippen molar-refractivity contribution in [3.05, 3.63) is 16.1 Å². The molecule has 2 N–H and O–H groups in total. The third-order valence-electron chi connectivity index (χ3n) is 2.20. The van der Waals surface area contributed by atoms with Crippen LogP contribution in [-0.4, -0.2) is 35.7 Å². The molecule has 0 aliphatic heterocycles. The number of rotatable bonds is 6. The van der Waals surface area contributed by atoms with Crippen LogP contribution >= 0.6 is 15.9 Å². The maximum absolute atomic E-state index is 10.9. The molecule has 0 aromatic carbocycles. The zero-order valence-electron chi connectivity index (χ0n) is 10.2. The van der Waals surface area contributed by atoms with Gasteiger partial charge in [-0.1, -0.05) is 19.6 Å². The predicted molar refractivity (Wildman–Crippen MR) is 71.1 cm³/mol. The van der Waals surface area contributed by atoms with Crippen molar-refractivity contribution in [1.82, 2.24) is 9.97 Å². The molecule has 0 fully saturated rings. The van der Waals surface area contributed by atoms with Crippen molar-refractivity contribution in [2.75, 3.05) is 6.61 Å². The van der Waals surface area contributed by atoms with Crippen molar-refractivity contribution in [3.63, 3.8) is 0 Å². The Morgan fingerprint density at radius 3 is 2.71 bits per heavy atom. The highest BCUT2D eigenvalue weighted by Gasteiger charge is 2.16. The van der Waals surface area contributed by atoms with E-state index < -0.39 is 14.0 Å². The molecule has 0 spiro atoms. The molecule has 0 aliphatic carbocycles. The lowest BCUT2D eigenvalue weighted by atomic mass is 10.3. The zero-order valence-corrected chi connectivity index (χ0v) is 12.8. The molecular formula is C10H17BrN2O3Si. The largest absolute Gasteiger partial charge is 0.476 e. The number of carboxylic acid groups (broad SMARTS) is 1. The highest BCUT2D eigenvalue weighted by Crippen LogP contribution is 2.13. The average Bonchev–Trinajstić information content (AvgIpc) is 2.53. The van der Waals surface area contributed by atoms with Crippen LogP contribution in [0.2, 0.25) is 25.7 Å². The fourth-order valence-electron chi connectivity index (χ4n) is 1.21. The number of imidazole rings is 1. The van der Waals surface area contributed by atoms with Gasteiger partial charge in [0, 0.05) is 14.7 Å². The summed E-state index contributed by atoms with van der Waals surface area (Å²) in [5, 5.41) is 8.91. The first-order valence-electron chi connectivity index (χ1n) is 5.35. The van der Waals surface area contributed by atoms with Crippen LogP contribution in [-0.2, 0) is 11.3 Å². The first-order valence-corrected chi connectivity index (χ1v) is 9.85. The van der Waals surface area contributed by atoms with Crippen LogP contribution in [0.15, 0.2) is 4.73 Å². The van der Waals surface area contributed by atoms with E-state index in [1.54, 1.807) is 0 Å². The Morgan fingerprint density at radius 1 is 1.53 bits per heavy atom. The minimum atomic E-state index is -1.10. The molecule has 1 heterocycles. The summed E-state index contributed by atoms with van der Waals surface area (Å²) in [6, 6.07) is 1.06. The number of carbonyl (C=O) groups is 1. The summed E-state index contributed by atoms with van der Waals surface area (Å²) in [6.07, 6.45) is 0. The van der Waals surface area contributed by atoms with E-state index in [9.17, 15) is 4.79 Å². The second kappa shape index (κ2) is 5.79. The molecule has 1 rings (SSSR count). The number of hydrogen-bond donors (Lipinski definition) is 2. The number of ether oxygens (including phenoxy) is 1. The number of H-pyrrole nitrogens is 1. The lowest BCUT2D eigenvalue weighted by Crippen LogP contribution is -2.21. The Bertz CT molecular complexity index is 401. The van der Waals surface area contributed by atoms with Gasteiger partial charge in [-0.2, -0.15) is 0 Å². The first-order chi connectivity index (χ1) is 7.79. The molecule has 0 aliphatic rings. The van der Waals surface area contributed by atoms with Gasteiger partial charge in [0.05, 0.1) is 12.3 Å². The van der Waals surface area contributed by atoms with E-state index in [4.69, 9.17) is 9.84 Å². The summed E-state index contributed by atoms with van der Waals surface area (Å²) < 4.78 is 5.89. The summed E-state index contributed by atoms with van der Waals surface area (Å²) in [5.74, 6) is -1.05. The van der Waals surface area contributed by atoms with Crippen molar-refractivity contribution in [3.8, 4) is 0 Å². The molecule has 0 atom stereocenters. The van der Waals surface area contributed by atoms with Crippen LogP contribution in [0.3, 0.4) is 0 Å². The van der Waals surface area contributed by atoms with Crippen LogP contribution in [0.5, 0.6) is 0 Å². The highest BCUT2D eigenvalue weighted by atomic mass is 79.9. The van der Waals surface area contributed by atoms with Gasteiger partial charge in [0.2, 0.25) is 0 Å². The summed E-state index contributed by atoms with van der Waals surface area (Å²) in [5.41, 5.74) is 0.518. The minimum Gasteiger partial charge on any atom is -0.476 e. The van der Waals surface area contributed by atoms with Crippen LogP contribution in [0.4, 0.5) is 0 Å². The zero-order chi connectivity index (χ0) is 13.1. The van der Waals surface area contributed by atoms with Crippen LogP contribution in [0, 0.1) is 0 Å². The Balaban J connectivity index is 2.49. The Kier molecular flexibility index (Phi) is 4.90. The van der Waals surface area contributed by atoms with Crippen LogP contribution in [0.1, 0.15) is 16.2 Å². The molecule has 5 nitrogen and oxygen atoms in total. The smallest absolute Gasteiger partial charge is 0.356 e. The van der Waals surface area contributed by atoms with E-state index >= 15 is 0 Å². The van der Waals surface area contributed by atoms with Crippen molar-refractivity contribution in [2.24, 2.45) is 0 Å². The SMILES string of the molecule is C[Si](C)(C)CCOCc1[nH]c(Br)nc1C(=O)O. The van der Waals surface area contributed by atoms with E-state index in [0.717, 1.165) is 6.04 Å². The minimum absolute atomic E-state index is 0.0184. The standard InChI is InChI=1S/C10H17BrN2O3Si/c1-17(2,3)5-4-16-6-7-8(9(14)15)13-10(11)12-7/h4-6H2,1-3H3,(H,12,13)(H,14,15). The van der Waals surface area contributed by atoms with Gasteiger partial charge in [-0.05, 0) is 22.0 Å². The summed E-state index contributed by atoms with van der Waals surface area (Å²) in [7, 11) is -1.10. The highest BCUT2D eigenvalue weighted by molar-refractivity contribution is 9.10. The summed E-state index contributed by atoms with van der Waals surface area (Å²) in [6.45, 7) is 7.72. The van der Waals surface area contributed by atoms with Gasteiger partial charge in [0.15, 0.2) is 10.4 Å².